The molecule has 0 radical (unpaired) electrons. The topological polar surface area (TPSA) is 26.3 Å². The van der Waals surface area contributed by atoms with Gasteiger partial charge in [-0.3, -0.25) is 4.79 Å². The van der Waals surface area contributed by atoms with Crippen molar-refractivity contribution in [3.8, 4) is 0 Å². The highest BCUT2D eigenvalue weighted by molar-refractivity contribution is 5.76. The molecule has 0 aromatic rings. The summed E-state index contributed by atoms with van der Waals surface area (Å²) in [5.74, 6) is -0.0539. The van der Waals surface area contributed by atoms with E-state index in [0.717, 1.165) is 6.42 Å². The molecule has 0 N–H and O–H groups in total. The quantitative estimate of drug-likeness (QED) is 0.679. The molecule has 0 atom stereocenters. The summed E-state index contributed by atoms with van der Waals surface area (Å²) < 4.78 is 5.90. The fourth-order valence-corrected chi connectivity index (χ4v) is 2.57. The molecule has 0 unspecified atom stereocenters. The number of hydrogen-bond donors (Lipinski definition) is 0. The number of carbonyl (C=O) groups is 1. The highest BCUT2D eigenvalue weighted by Gasteiger charge is 2.46. The second-order valence-corrected chi connectivity index (χ2v) is 7.26. The van der Waals surface area contributed by atoms with Crippen molar-refractivity contribution in [3.05, 3.63) is 0 Å². The molecule has 1 saturated carbocycles. The normalized spacial score (nSPS) is 20.6. The molecule has 0 aliphatic heterocycles. The van der Waals surface area contributed by atoms with E-state index >= 15 is 0 Å². The molecule has 2 nitrogen and oxygen atoms in total. The maximum Gasteiger partial charge on any atom is 0.312 e. The minimum Gasteiger partial charge on any atom is -0.459 e. The lowest BCUT2D eigenvalue weighted by molar-refractivity contribution is -0.183. The summed E-state index contributed by atoms with van der Waals surface area (Å²) >= 11 is 0. The van der Waals surface area contributed by atoms with Gasteiger partial charge in [-0.25, -0.2) is 0 Å². The first-order valence-corrected chi connectivity index (χ1v) is 7.38. The van der Waals surface area contributed by atoms with Crippen LogP contribution in [0, 0.1) is 10.8 Å². The maximum atomic E-state index is 12.3. The van der Waals surface area contributed by atoms with Gasteiger partial charge in [-0.15, -0.1) is 0 Å². The molecule has 0 aromatic carbocycles. The maximum absolute atomic E-state index is 12.3. The minimum absolute atomic E-state index is 0.0539. The van der Waals surface area contributed by atoms with Gasteiger partial charge in [-0.1, -0.05) is 33.1 Å². The molecule has 2 heteroatoms. The van der Waals surface area contributed by atoms with Crippen molar-refractivity contribution in [3.63, 3.8) is 0 Å². The van der Waals surface area contributed by atoms with Crippen molar-refractivity contribution in [1.82, 2.24) is 0 Å². The second kappa shape index (κ2) is 5.22. The Labute approximate surface area is 112 Å². The zero-order chi connectivity index (χ0) is 14.0. The first kappa shape index (κ1) is 15.5. The number of esters is 1. The summed E-state index contributed by atoms with van der Waals surface area (Å²) in [5, 5.41) is 0. The molecular formula is C16H30O2. The first-order valence-electron chi connectivity index (χ1n) is 7.38. The number of ether oxygens (including phenoxy) is 1. The Morgan fingerprint density at radius 3 is 2.06 bits per heavy atom. The zero-order valence-corrected chi connectivity index (χ0v) is 13.1. The van der Waals surface area contributed by atoms with Gasteiger partial charge in [-0.05, 0) is 47.0 Å². The standard InChI is InChI=1S/C16H30O2/c1-7-14(2,3)13(17)18-15(4,5)16(6)11-9-8-10-12-16/h7-12H2,1-6H3. The van der Waals surface area contributed by atoms with E-state index in [9.17, 15) is 4.79 Å². The largest absolute Gasteiger partial charge is 0.459 e. The van der Waals surface area contributed by atoms with Crippen LogP contribution < -0.4 is 0 Å². The fourth-order valence-electron chi connectivity index (χ4n) is 2.57. The molecular weight excluding hydrogens is 224 g/mol. The molecule has 0 amide bonds. The van der Waals surface area contributed by atoms with Crippen LogP contribution in [0.5, 0.6) is 0 Å². The molecule has 1 aliphatic rings. The molecule has 0 aromatic heterocycles. The molecule has 18 heavy (non-hydrogen) atoms. The monoisotopic (exact) mass is 254 g/mol. The second-order valence-electron chi connectivity index (χ2n) is 7.26. The molecule has 1 aliphatic carbocycles. The Kier molecular flexibility index (Phi) is 4.51. The summed E-state index contributed by atoms with van der Waals surface area (Å²) in [6.07, 6.45) is 6.99. The van der Waals surface area contributed by atoms with E-state index in [1.54, 1.807) is 0 Å². The average molecular weight is 254 g/mol. The van der Waals surface area contributed by atoms with E-state index in [-0.39, 0.29) is 22.4 Å². The van der Waals surface area contributed by atoms with Crippen LogP contribution in [-0.2, 0) is 9.53 Å². The van der Waals surface area contributed by atoms with Gasteiger partial charge in [0, 0.05) is 5.41 Å². The van der Waals surface area contributed by atoms with E-state index in [1.165, 1.54) is 32.1 Å². The summed E-state index contributed by atoms with van der Waals surface area (Å²) in [7, 11) is 0. The summed E-state index contributed by atoms with van der Waals surface area (Å²) in [4.78, 5) is 12.3. The SMILES string of the molecule is CCC(C)(C)C(=O)OC(C)(C)C1(C)CCCCC1. The van der Waals surface area contributed by atoms with Crippen molar-refractivity contribution < 1.29 is 9.53 Å². The third kappa shape index (κ3) is 3.07. The lowest BCUT2D eigenvalue weighted by Crippen LogP contribution is -2.48. The smallest absolute Gasteiger partial charge is 0.312 e. The Bertz CT molecular complexity index is 296. The molecule has 0 heterocycles. The Morgan fingerprint density at radius 1 is 1.11 bits per heavy atom. The van der Waals surface area contributed by atoms with Crippen molar-refractivity contribution in [2.75, 3.05) is 0 Å². The lowest BCUT2D eigenvalue weighted by atomic mass is 9.66. The Balaban J connectivity index is 2.77. The van der Waals surface area contributed by atoms with Crippen LogP contribution in [0.2, 0.25) is 0 Å². The molecule has 0 spiro atoms. The molecule has 0 bridgehead atoms. The van der Waals surface area contributed by atoms with Gasteiger partial charge in [0.2, 0.25) is 0 Å². The predicted molar refractivity (Wildman–Crippen MR) is 75.4 cm³/mol. The highest BCUT2D eigenvalue weighted by Crippen LogP contribution is 2.46. The Hall–Kier alpha value is -0.530. The summed E-state index contributed by atoms with van der Waals surface area (Å²) in [5.41, 5.74) is -0.607. The third-order valence-corrected chi connectivity index (χ3v) is 5.19. The van der Waals surface area contributed by atoms with Crippen molar-refractivity contribution in [1.29, 1.82) is 0 Å². The van der Waals surface area contributed by atoms with Crippen LogP contribution in [-0.4, -0.2) is 11.6 Å². The van der Waals surface area contributed by atoms with Gasteiger partial charge in [0.05, 0.1) is 5.41 Å². The van der Waals surface area contributed by atoms with Gasteiger partial charge in [0.1, 0.15) is 5.60 Å². The molecule has 1 rings (SSSR count). The van der Waals surface area contributed by atoms with Crippen LogP contribution in [0.25, 0.3) is 0 Å². The predicted octanol–water partition coefficient (Wildman–Crippen LogP) is 4.71. The van der Waals surface area contributed by atoms with Crippen LogP contribution in [0.3, 0.4) is 0 Å². The van der Waals surface area contributed by atoms with E-state index in [2.05, 4.69) is 20.8 Å². The van der Waals surface area contributed by atoms with Crippen molar-refractivity contribution >= 4 is 5.97 Å². The molecule has 0 saturated heterocycles. The van der Waals surface area contributed by atoms with Crippen LogP contribution in [0.15, 0.2) is 0 Å². The van der Waals surface area contributed by atoms with E-state index < -0.39 is 0 Å². The lowest BCUT2D eigenvalue weighted by Gasteiger charge is -2.47. The van der Waals surface area contributed by atoms with Crippen molar-refractivity contribution in [2.45, 2.75) is 85.7 Å². The van der Waals surface area contributed by atoms with Crippen LogP contribution >= 0.6 is 0 Å². The van der Waals surface area contributed by atoms with Gasteiger partial charge in [0.25, 0.3) is 0 Å². The highest BCUT2D eigenvalue weighted by atomic mass is 16.6. The number of rotatable bonds is 4. The van der Waals surface area contributed by atoms with E-state index in [0.29, 0.717) is 0 Å². The average Bonchev–Trinajstić information content (AvgIpc) is 2.29. The summed E-state index contributed by atoms with van der Waals surface area (Å²) in [6, 6.07) is 0. The molecule has 106 valence electrons. The van der Waals surface area contributed by atoms with Gasteiger partial charge < -0.3 is 4.74 Å². The van der Waals surface area contributed by atoms with E-state index in [4.69, 9.17) is 4.74 Å². The number of hydrogen-bond acceptors (Lipinski definition) is 2. The minimum atomic E-state index is -0.373. The zero-order valence-electron chi connectivity index (χ0n) is 13.1. The third-order valence-electron chi connectivity index (χ3n) is 5.19. The number of carbonyl (C=O) groups excluding carboxylic acids is 1. The first-order chi connectivity index (χ1) is 8.15. The van der Waals surface area contributed by atoms with E-state index in [1.807, 2.05) is 20.8 Å². The Morgan fingerprint density at radius 2 is 1.61 bits per heavy atom. The molecule has 1 fully saturated rings. The van der Waals surface area contributed by atoms with Crippen LogP contribution in [0.1, 0.15) is 80.1 Å². The summed E-state index contributed by atoms with van der Waals surface area (Å²) in [6.45, 7) is 12.4. The van der Waals surface area contributed by atoms with Crippen molar-refractivity contribution in [2.24, 2.45) is 10.8 Å². The van der Waals surface area contributed by atoms with Gasteiger partial charge in [0.15, 0.2) is 0 Å². The fraction of sp³-hybridized carbons (Fsp3) is 0.938. The van der Waals surface area contributed by atoms with Crippen LogP contribution in [0.4, 0.5) is 0 Å². The van der Waals surface area contributed by atoms with Gasteiger partial charge >= 0.3 is 5.97 Å². The van der Waals surface area contributed by atoms with Gasteiger partial charge in [-0.2, -0.15) is 0 Å².